The summed E-state index contributed by atoms with van der Waals surface area (Å²) >= 11 is 0. The van der Waals surface area contributed by atoms with Gasteiger partial charge in [0.15, 0.2) is 5.82 Å². The molecule has 0 atom stereocenters. The minimum absolute atomic E-state index is 0.0323. The summed E-state index contributed by atoms with van der Waals surface area (Å²) in [5.41, 5.74) is 0.830. The van der Waals surface area contributed by atoms with Crippen LogP contribution in [0, 0.1) is 12.7 Å². The van der Waals surface area contributed by atoms with Crippen molar-refractivity contribution >= 4 is 16.0 Å². The molecule has 0 saturated carbocycles. The van der Waals surface area contributed by atoms with Crippen molar-refractivity contribution in [1.82, 2.24) is 28.7 Å². The lowest BCUT2D eigenvalue weighted by atomic mass is 10.1. The van der Waals surface area contributed by atoms with Crippen molar-refractivity contribution < 1.29 is 12.8 Å². The van der Waals surface area contributed by atoms with Gasteiger partial charge in [0, 0.05) is 25.2 Å². The SMILES string of the molecule is Cc1ncc(-c2nc(NC3CCN(S(=O)(=O)CCCN4CCCCC4)CC3)ncc2F)n1C(C)C. The van der Waals surface area contributed by atoms with Gasteiger partial charge >= 0.3 is 0 Å². The Morgan fingerprint density at radius 3 is 2.49 bits per heavy atom. The van der Waals surface area contributed by atoms with Crippen molar-refractivity contribution in [3.05, 3.63) is 24.0 Å². The zero-order valence-corrected chi connectivity index (χ0v) is 21.9. The van der Waals surface area contributed by atoms with Crippen LogP contribution >= 0.6 is 0 Å². The maximum atomic E-state index is 14.6. The molecule has 0 aromatic carbocycles. The van der Waals surface area contributed by atoms with Crippen molar-refractivity contribution in [3.63, 3.8) is 0 Å². The third kappa shape index (κ3) is 6.37. The molecule has 2 aromatic heterocycles. The van der Waals surface area contributed by atoms with E-state index >= 15 is 0 Å². The summed E-state index contributed by atoms with van der Waals surface area (Å²) < 4.78 is 43.8. The number of imidazole rings is 1. The van der Waals surface area contributed by atoms with E-state index in [4.69, 9.17) is 0 Å². The first-order valence-corrected chi connectivity index (χ1v) is 14.4. The lowest BCUT2D eigenvalue weighted by molar-refractivity contribution is 0.229. The Morgan fingerprint density at radius 1 is 1.09 bits per heavy atom. The van der Waals surface area contributed by atoms with E-state index in [1.165, 1.54) is 25.5 Å². The van der Waals surface area contributed by atoms with Gasteiger partial charge in [-0.3, -0.25) is 0 Å². The van der Waals surface area contributed by atoms with Crippen LogP contribution in [0.25, 0.3) is 11.4 Å². The van der Waals surface area contributed by atoms with E-state index in [0.29, 0.717) is 44.0 Å². The van der Waals surface area contributed by atoms with Crippen molar-refractivity contribution in [2.75, 3.05) is 43.8 Å². The Bertz CT molecular complexity index is 1090. The lowest BCUT2D eigenvalue weighted by Crippen LogP contribution is -2.43. The highest BCUT2D eigenvalue weighted by molar-refractivity contribution is 7.89. The molecule has 0 unspecified atom stereocenters. The maximum Gasteiger partial charge on any atom is 0.223 e. The van der Waals surface area contributed by atoms with Gasteiger partial charge in [0.2, 0.25) is 16.0 Å². The summed E-state index contributed by atoms with van der Waals surface area (Å²) in [6.45, 7) is 9.90. The number of hydrogen-bond donors (Lipinski definition) is 1. The minimum Gasteiger partial charge on any atom is -0.351 e. The first kappa shape index (κ1) is 26.0. The predicted molar refractivity (Wildman–Crippen MR) is 135 cm³/mol. The van der Waals surface area contributed by atoms with Gasteiger partial charge in [-0.05, 0) is 72.5 Å². The second-order valence-electron chi connectivity index (χ2n) is 9.93. The quantitative estimate of drug-likeness (QED) is 0.555. The number of hydrogen-bond acceptors (Lipinski definition) is 7. The van der Waals surface area contributed by atoms with Crippen LogP contribution in [-0.4, -0.2) is 81.7 Å². The van der Waals surface area contributed by atoms with E-state index in [0.717, 1.165) is 25.5 Å². The lowest BCUT2D eigenvalue weighted by Gasteiger charge is -2.32. The van der Waals surface area contributed by atoms with Gasteiger partial charge in [-0.15, -0.1) is 0 Å². The third-order valence-electron chi connectivity index (χ3n) is 6.99. The van der Waals surface area contributed by atoms with E-state index in [1.54, 1.807) is 10.5 Å². The highest BCUT2D eigenvalue weighted by Gasteiger charge is 2.28. The molecule has 0 amide bonds. The Labute approximate surface area is 208 Å². The molecule has 35 heavy (non-hydrogen) atoms. The predicted octanol–water partition coefficient (Wildman–Crippen LogP) is 3.45. The second kappa shape index (κ2) is 11.3. The minimum atomic E-state index is -3.25. The number of halogens is 1. The van der Waals surface area contributed by atoms with Crippen molar-refractivity contribution in [1.29, 1.82) is 0 Å². The number of nitrogens with zero attached hydrogens (tertiary/aromatic N) is 6. The molecule has 9 nitrogen and oxygen atoms in total. The molecule has 0 bridgehead atoms. The molecule has 2 saturated heterocycles. The summed E-state index contributed by atoms with van der Waals surface area (Å²) in [6, 6.07) is 0.147. The van der Waals surface area contributed by atoms with Gasteiger partial charge in [0.05, 0.1) is 23.8 Å². The molecule has 0 aliphatic carbocycles. The average Bonchev–Trinajstić information content (AvgIpc) is 3.22. The van der Waals surface area contributed by atoms with E-state index in [2.05, 4.69) is 25.2 Å². The number of aromatic nitrogens is 4. The van der Waals surface area contributed by atoms with E-state index in [9.17, 15) is 12.8 Å². The van der Waals surface area contributed by atoms with Crippen LogP contribution in [0.2, 0.25) is 0 Å². The number of aryl methyl sites for hydroxylation is 1. The molecular weight excluding hydrogens is 469 g/mol. The van der Waals surface area contributed by atoms with Gasteiger partial charge in [-0.25, -0.2) is 32.1 Å². The van der Waals surface area contributed by atoms with Crippen LogP contribution in [0.5, 0.6) is 0 Å². The van der Waals surface area contributed by atoms with Crippen LogP contribution < -0.4 is 5.32 Å². The Balaban J connectivity index is 1.32. The van der Waals surface area contributed by atoms with Gasteiger partial charge in [-0.1, -0.05) is 6.42 Å². The van der Waals surface area contributed by atoms with E-state index in [1.807, 2.05) is 25.3 Å². The zero-order chi connectivity index (χ0) is 25.0. The smallest absolute Gasteiger partial charge is 0.223 e. The third-order valence-corrected chi connectivity index (χ3v) is 8.95. The van der Waals surface area contributed by atoms with Crippen LogP contribution in [-0.2, 0) is 10.0 Å². The molecule has 0 radical (unpaired) electrons. The molecule has 2 aromatic rings. The molecule has 4 heterocycles. The number of nitrogens with one attached hydrogen (secondary N) is 1. The summed E-state index contributed by atoms with van der Waals surface area (Å²) in [5.74, 6) is 0.850. The molecule has 0 spiro atoms. The molecular formula is C24H38FN7O2S. The van der Waals surface area contributed by atoms with Crippen LogP contribution in [0.15, 0.2) is 12.4 Å². The van der Waals surface area contributed by atoms with Crippen molar-refractivity contribution in [2.45, 2.75) is 71.4 Å². The Hall–Kier alpha value is -2.11. The standard InChI is InChI=1S/C24H38FN7O2S/c1-18(2)32-19(3)26-17-22(32)23-21(25)16-27-24(29-23)28-20-8-13-31(14-9-20)35(33,34)15-7-12-30-10-5-4-6-11-30/h16-18,20H,4-15H2,1-3H3,(H,27,28,29). The first-order chi connectivity index (χ1) is 16.7. The van der Waals surface area contributed by atoms with Gasteiger partial charge < -0.3 is 14.8 Å². The molecule has 2 aliphatic heterocycles. The summed E-state index contributed by atoms with van der Waals surface area (Å²) in [6.07, 6.45) is 8.53. The fourth-order valence-electron chi connectivity index (χ4n) is 5.14. The number of piperidine rings is 2. The highest BCUT2D eigenvalue weighted by atomic mass is 32.2. The fraction of sp³-hybridized carbons (Fsp3) is 0.708. The molecule has 1 N–H and O–H groups in total. The fourth-order valence-corrected chi connectivity index (χ4v) is 6.66. The van der Waals surface area contributed by atoms with Crippen LogP contribution in [0.4, 0.5) is 10.3 Å². The second-order valence-corrected chi connectivity index (χ2v) is 12.0. The summed E-state index contributed by atoms with van der Waals surface area (Å²) in [5, 5.41) is 3.29. The molecule has 4 rings (SSSR count). The number of sulfonamides is 1. The molecule has 2 fully saturated rings. The molecule has 11 heteroatoms. The average molecular weight is 508 g/mol. The van der Waals surface area contributed by atoms with Crippen LogP contribution in [0.1, 0.15) is 64.2 Å². The van der Waals surface area contributed by atoms with Crippen molar-refractivity contribution in [2.24, 2.45) is 0 Å². The Morgan fingerprint density at radius 2 is 1.80 bits per heavy atom. The van der Waals surface area contributed by atoms with Gasteiger partial charge in [-0.2, -0.15) is 0 Å². The summed E-state index contributed by atoms with van der Waals surface area (Å²) in [4.78, 5) is 15.3. The van der Waals surface area contributed by atoms with E-state index < -0.39 is 15.8 Å². The monoisotopic (exact) mass is 507 g/mol. The van der Waals surface area contributed by atoms with E-state index in [-0.39, 0.29) is 23.5 Å². The van der Waals surface area contributed by atoms with Crippen molar-refractivity contribution in [3.8, 4) is 11.4 Å². The maximum absolute atomic E-state index is 14.6. The normalized spacial score (nSPS) is 18.9. The van der Waals surface area contributed by atoms with Gasteiger partial charge in [0.1, 0.15) is 11.5 Å². The highest BCUT2D eigenvalue weighted by Crippen LogP contribution is 2.26. The molecule has 194 valence electrons. The van der Waals surface area contributed by atoms with Gasteiger partial charge in [0.25, 0.3) is 0 Å². The van der Waals surface area contributed by atoms with Crippen LogP contribution in [0.3, 0.4) is 0 Å². The number of rotatable bonds is 9. The number of anilines is 1. The molecule has 2 aliphatic rings. The summed E-state index contributed by atoms with van der Waals surface area (Å²) in [7, 11) is -3.25. The first-order valence-electron chi connectivity index (χ1n) is 12.8. The topological polar surface area (TPSA) is 96.2 Å². The largest absolute Gasteiger partial charge is 0.351 e. The zero-order valence-electron chi connectivity index (χ0n) is 21.1. The Kier molecular flexibility index (Phi) is 8.38. The number of likely N-dealkylation sites (tertiary alicyclic amines) is 1.